The minimum Gasteiger partial charge on any atom is -0.497 e. The van der Waals surface area contributed by atoms with Crippen molar-refractivity contribution in [3.8, 4) is 5.75 Å². The third-order valence-electron chi connectivity index (χ3n) is 3.28. The van der Waals surface area contributed by atoms with Gasteiger partial charge < -0.3 is 25.0 Å². The summed E-state index contributed by atoms with van der Waals surface area (Å²) >= 11 is 0. The highest BCUT2D eigenvalue weighted by atomic mass is 16.5. The number of rotatable bonds is 9. The van der Waals surface area contributed by atoms with Crippen molar-refractivity contribution in [1.29, 1.82) is 0 Å². The first-order valence-electron chi connectivity index (χ1n) is 7.44. The normalized spacial score (nSPS) is 11.6. The van der Waals surface area contributed by atoms with E-state index in [-0.39, 0.29) is 0 Å². The smallest absolute Gasteiger partial charge is 0.191 e. The van der Waals surface area contributed by atoms with E-state index in [0.717, 1.165) is 43.5 Å². The van der Waals surface area contributed by atoms with Gasteiger partial charge in [-0.05, 0) is 24.7 Å². The average molecular weight is 308 g/mol. The fraction of sp³-hybridized carbons (Fsp3) is 0.562. The molecule has 6 heteroatoms. The van der Waals surface area contributed by atoms with E-state index in [1.54, 1.807) is 21.3 Å². The van der Waals surface area contributed by atoms with Crippen LogP contribution in [0.1, 0.15) is 5.56 Å². The maximum absolute atomic E-state index is 5.22. The molecule has 22 heavy (non-hydrogen) atoms. The standard InChI is InChI=1S/C16H28N4O2/c1-17-16(18-8-9-20(2)10-11-21-3)19-13-14-6-5-7-15(12-14)22-4/h5-7,12H,8-11,13H2,1-4H3,(H2,17,18,19). The van der Waals surface area contributed by atoms with Gasteiger partial charge in [-0.3, -0.25) is 4.99 Å². The number of nitrogens with one attached hydrogen (secondary N) is 2. The van der Waals surface area contributed by atoms with Crippen LogP contribution in [0, 0.1) is 0 Å². The highest BCUT2D eigenvalue weighted by Gasteiger charge is 2.01. The number of likely N-dealkylation sites (N-methyl/N-ethyl adjacent to an activating group) is 1. The number of ether oxygens (including phenoxy) is 2. The van der Waals surface area contributed by atoms with Crippen LogP contribution in [0.25, 0.3) is 0 Å². The Kier molecular flexibility index (Phi) is 9.02. The molecule has 0 unspecified atom stereocenters. The molecule has 1 aromatic carbocycles. The summed E-state index contributed by atoms with van der Waals surface area (Å²) in [6.07, 6.45) is 0. The first-order valence-corrected chi connectivity index (χ1v) is 7.44. The zero-order valence-electron chi connectivity index (χ0n) is 14.1. The minimum absolute atomic E-state index is 0.705. The van der Waals surface area contributed by atoms with Gasteiger partial charge in [0.15, 0.2) is 5.96 Å². The van der Waals surface area contributed by atoms with Gasteiger partial charge in [0.2, 0.25) is 0 Å². The summed E-state index contributed by atoms with van der Waals surface area (Å²) in [5.41, 5.74) is 1.15. The number of hydrogen-bond donors (Lipinski definition) is 2. The van der Waals surface area contributed by atoms with Gasteiger partial charge in [0.1, 0.15) is 5.75 Å². The van der Waals surface area contributed by atoms with Crippen LogP contribution < -0.4 is 15.4 Å². The summed E-state index contributed by atoms with van der Waals surface area (Å²) in [6.45, 7) is 4.14. The van der Waals surface area contributed by atoms with Gasteiger partial charge in [0.05, 0.1) is 13.7 Å². The highest BCUT2D eigenvalue weighted by Crippen LogP contribution is 2.11. The van der Waals surface area contributed by atoms with Gasteiger partial charge in [-0.25, -0.2) is 0 Å². The van der Waals surface area contributed by atoms with Crippen molar-refractivity contribution in [2.45, 2.75) is 6.54 Å². The molecular formula is C16H28N4O2. The van der Waals surface area contributed by atoms with Crippen molar-refractivity contribution in [2.75, 3.05) is 54.6 Å². The minimum atomic E-state index is 0.705. The number of guanidine groups is 1. The number of nitrogens with zero attached hydrogens (tertiary/aromatic N) is 2. The Morgan fingerprint density at radius 3 is 2.73 bits per heavy atom. The molecule has 1 rings (SSSR count). The Bertz CT molecular complexity index is 452. The van der Waals surface area contributed by atoms with E-state index in [0.29, 0.717) is 6.54 Å². The van der Waals surface area contributed by atoms with E-state index in [9.17, 15) is 0 Å². The van der Waals surface area contributed by atoms with Crippen molar-refractivity contribution in [2.24, 2.45) is 4.99 Å². The number of hydrogen-bond acceptors (Lipinski definition) is 4. The molecule has 0 aliphatic rings. The number of aliphatic imine (C=N–C) groups is 1. The lowest BCUT2D eigenvalue weighted by atomic mass is 10.2. The Morgan fingerprint density at radius 1 is 1.23 bits per heavy atom. The lowest BCUT2D eigenvalue weighted by Crippen LogP contribution is -2.41. The Balaban J connectivity index is 2.30. The molecule has 0 spiro atoms. The molecule has 0 heterocycles. The Morgan fingerprint density at radius 2 is 2.05 bits per heavy atom. The van der Waals surface area contributed by atoms with Crippen LogP contribution in [0.15, 0.2) is 29.3 Å². The molecule has 0 aliphatic heterocycles. The predicted molar refractivity (Wildman–Crippen MR) is 90.6 cm³/mol. The zero-order valence-corrected chi connectivity index (χ0v) is 14.1. The van der Waals surface area contributed by atoms with E-state index in [1.165, 1.54) is 0 Å². The van der Waals surface area contributed by atoms with Gasteiger partial charge in [-0.1, -0.05) is 12.1 Å². The number of methoxy groups -OCH3 is 2. The van der Waals surface area contributed by atoms with E-state index < -0.39 is 0 Å². The topological polar surface area (TPSA) is 58.1 Å². The van der Waals surface area contributed by atoms with Crippen molar-refractivity contribution in [1.82, 2.24) is 15.5 Å². The second-order valence-electron chi connectivity index (χ2n) is 5.00. The molecule has 6 nitrogen and oxygen atoms in total. The van der Waals surface area contributed by atoms with Gasteiger partial charge in [-0.15, -0.1) is 0 Å². The van der Waals surface area contributed by atoms with Crippen LogP contribution in [-0.4, -0.2) is 65.4 Å². The Hall–Kier alpha value is -1.79. The van der Waals surface area contributed by atoms with E-state index in [2.05, 4.69) is 33.6 Å². The molecule has 0 atom stereocenters. The molecular weight excluding hydrogens is 280 g/mol. The molecule has 1 aromatic rings. The third-order valence-corrected chi connectivity index (χ3v) is 3.28. The van der Waals surface area contributed by atoms with E-state index in [1.807, 2.05) is 18.2 Å². The van der Waals surface area contributed by atoms with Crippen molar-refractivity contribution in [3.63, 3.8) is 0 Å². The lowest BCUT2D eigenvalue weighted by Gasteiger charge is -2.18. The largest absolute Gasteiger partial charge is 0.497 e. The first kappa shape index (κ1) is 18.3. The highest BCUT2D eigenvalue weighted by molar-refractivity contribution is 5.79. The van der Waals surface area contributed by atoms with Crippen molar-refractivity contribution >= 4 is 5.96 Å². The van der Waals surface area contributed by atoms with Gasteiger partial charge in [0.25, 0.3) is 0 Å². The molecule has 124 valence electrons. The van der Waals surface area contributed by atoms with E-state index in [4.69, 9.17) is 9.47 Å². The van der Waals surface area contributed by atoms with Gasteiger partial charge >= 0.3 is 0 Å². The molecule has 0 saturated carbocycles. The van der Waals surface area contributed by atoms with Crippen molar-refractivity contribution < 1.29 is 9.47 Å². The summed E-state index contributed by atoms with van der Waals surface area (Å²) in [5.74, 6) is 1.66. The monoisotopic (exact) mass is 308 g/mol. The molecule has 0 saturated heterocycles. The molecule has 0 aromatic heterocycles. The van der Waals surface area contributed by atoms with E-state index >= 15 is 0 Å². The first-order chi connectivity index (χ1) is 10.7. The molecule has 2 N–H and O–H groups in total. The molecule has 0 aliphatic carbocycles. The molecule has 0 radical (unpaired) electrons. The van der Waals surface area contributed by atoms with Gasteiger partial charge in [-0.2, -0.15) is 0 Å². The summed E-state index contributed by atoms with van der Waals surface area (Å²) in [5, 5.41) is 6.59. The maximum atomic E-state index is 5.22. The SMILES string of the molecule is CN=C(NCCN(C)CCOC)NCc1cccc(OC)c1. The van der Waals surface area contributed by atoms with Crippen LogP contribution in [-0.2, 0) is 11.3 Å². The molecule has 0 amide bonds. The summed E-state index contributed by atoms with van der Waals surface area (Å²) in [6, 6.07) is 7.99. The molecule has 0 fully saturated rings. The number of benzene rings is 1. The fourth-order valence-corrected chi connectivity index (χ4v) is 1.91. The molecule has 0 bridgehead atoms. The van der Waals surface area contributed by atoms with Crippen molar-refractivity contribution in [3.05, 3.63) is 29.8 Å². The fourth-order valence-electron chi connectivity index (χ4n) is 1.91. The average Bonchev–Trinajstić information content (AvgIpc) is 2.56. The summed E-state index contributed by atoms with van der Waals surface area (Å²) < 4.78 is 10.3. The van der Waals surface area contributed by atoms with Crippen LogP contribution in [0.4, 0.5) is 0 Å². The maximum Gasteiger partial charge on any atom is 0.191 e. The zero-order chi connectivity index (χ0) is 16.2. The Labute approximate surface area is 133 Å². The second kappa shape index (κ2) is 10.9. The van der Waals surface area contributed by atoms with Crippen LogP contribution in [0.5, 0.6) is 5.75 Å². The predicted octanol–water partition coefficient (Wildman–Crippen LogP) is 0.938. The van der Waals surface area contributed by atoms with Crippen LogP contribution >= 0.6 is 0 Å². The van der Waals surface area contributed by atoms with Crippen LogP contribution in [0.3, 0.4) is 0 Å². The quantitative estimate of drug-likeness (QED) is 0.525. The third kappa shape index (κ3) is 7.28. The van der Waals surface area contributed by atoms with Gasteiger partial charge in [0, 0.05) is 40.3 Å². The summed E-state index contributed by atoms with van der Waals surface area (Å²) in [4.78, 5) is 6.44. The van der Waals surface area contributed by atoms with Crippen LogP contribution in [0.2, 0.25) is 0 Å². The lowest BCUT2D eigenvalue weighted by molar-refractivity contribution is 0.162. The second-order valence-corrected chi connectivity index (χ2v) is 5.00. The summed E-state index contributed by atoms with van der Waals surface area (Å²) in [7, 11) is 7.24.